The second-order valence-corrected chi connectivity index (χ2v) is 7.10. The first-order chi connectivity index (χ1) is 12.9. The predicted octanol–water partition coefficient (Wildman–Crippen LogP) is 1.73. The van der Waals surface area contributed by atoms with Gasteiger partial charge in [-0.05, 0) is 18.6 Å². The third-order valence-electron chi connectivity index (χ3n) is 4.57. The normalized spacial score (nSPS) is 17.3. The summed E-state index contributed by atoms with van der Waals surface area (Å²) in [6.07, 6.45) is 2.65. The van der Waals surface area contributed by atoms with Gasteiger partial charge < -0.3 is 15.5 Å². The highest BCUT2D eigenvalue weighted by molar-refractivity contribution is 6.33. The molecule has 0 aromatic heterocycles. The quantitative estimate of drug-likeness (QED) is 0.703. The van der Waals surface area contributed by atoms with E-state index in [-0.39, 0.29) is 36.9 Å². The van der Waals surface area contributed by atoms with Crippen molar-refractivity contribution >= 4 is 35.0 Å². The van der Waals surface area contributed by atoms with Gasteiger partial charge in [-0.1, -0.05) is 43.5 Å². The summed E-state index contributed by atoms with van der Waals surface area (Å²) in [7, 11) is 1.58. The lowest BCUT2D eigenvalue weighted by atomic mass is 10.1. The lowest BCUT2D eigenvalue weighted by molar-refractivity contribution is -0.137. The molecule has 1 atom stereocenters. The lowest BCUT2D eigenvalue weighted by Crippen LogP contribution is -2.57. The van der Waals surface area contributed by atoms with E-state index in [9.17, 15) is 14.4 Å². The number of amides is 3. The number of unbranched alkanes of at least 4 members (excludes halogenated alkanes) is 1. The van der Waals surface area contributed by atoms with E-state index in [0.717, 1.165) is 19.3 Å². The fourth-order valence-corrected chi connectivity index (χ4v) is 3.20. The van der Waals surface area contributed by atoms with Gasteiger partial charge in [-0.25, -0.2) is 0 Å². The van der Waals surface area contributed by atoms with Gasteiger partial charge in [0.25, 0.3) is 0 Å². The number of rotatable bonds is 8. The Morgan fingerprint density at radius 3 is 2.81 bits per heavy atom. The number of carbonyl (C=O) groups is 3. The van der Waals surface area contributed by atoms with Crippen molar-refractivity contribution < 1.29 is 14.4 Å². The number of hydrogen-bond acceptors (Lipinski definition) is 4. The molecule has 0 bridgehead atoms. The minimum Gasteiger partial charge on any atom is -0.353 e. The van der Waals surface area contributed by atoms with Gasteiger partial charge in [0.15, 0.2) is 0 Å². The highest BCUT2D eigenvalue weighted by atomic mass is 35.5. The molecule has 148 valence electrons. The molecule has 2 N–H and O–H groups in total. The molecule has 0 unspecified atom stereocenters. The third-order valence-corrected chi connectivity index (χ3v) is 4.90. The average Bonchev–Trinajstić information content (AvgIpc) is 2.63. The van der Waals surface area contributed by atoms with Crippen LogP contribution in [-0.2, 0) is 14.4 Å². The van der Waals surface area contributed by atoms with E-state index in [1.165, 1.54) is 4.90 Å². The zero-order valence-corrected chi connectivity index (χ0v) is 16.6. The molecule has 0 spiro atoms. The molecule has 3 amide bonds. The molecular weight excluding hydrogens is 368 g/mol. The van der Waals surface area contributed by atoms with Gasteiger partial charge in [0.05, 0.1) is 29.8 Å². The van der Waals surface area contributed by atoms with Crippen LogP contribution in [0.15, 0.2) is 24.3 Å². The molecule has 27 heavy (non-hydrogen) atoms. The summed E-state index contributed by atoms with van der Waals surface area (Å²) in [4.78, 5) is 40.1. The second-order valence-electron chi connectivity index (χ2n) is 6.70. The Bertz CT molecular complexity index is 683. The van der Waals surface area contributed by atoms with E-state index in [0.29, 0.717) is 23.8 Å². The van der Waals surface area contributed by atoms with Gasteiger partial charge in [-0.2, -0.15) is 0 Å². The van der Waals surface area contributed by atoms with Crippen LogP contribution in [-0.4, -0.2) is 66.8 Å². The average molecular weight is 395 g/mol. The maximum Gasteiger partial charge on any atom is 0.244 e. The van der Waals surface area contributed by atoms with Crippen molar-refractivity contribution in [1.29, 1.82) is 0 Å². The molecule has 0 aliphatic carbocycles. The Hall–Kier alpha value is -2.12. The van der Waals surface area contributed by atoms with Crippen molar-refractivity contribution in [2.75, 3.05) is 38.5 Å². The maximum atomic E-state index is 12.5. The van der Waals surface area contributed by atoms with E-state index in [1.54, 1.807) is 31.3 Å². The van der Waals surface area contributed by atoms with Gasteiger partial charge in [0.2, 0.25) is 17.7 Å². The lowest BCUT2D eigenvalue weighted by Gasteiger charge is -2.35. The van der Waals surface area contributed by atoms with E-state index >= 15 is 0 Å². The zero-order valence-electron chi connectivity index (χ0n) is 15.8. The standard InChI is InChI=1S/C19H27ClN4O3/c1-3-4-9-16-19(27)21-10-11-24(16)13-18(26)23(2)12-17(25)22-15-8-6-5-7-14(15)20/h5-8,16H,3-4,9-13H2,1-2H3,(H,21,27)(H,22,25)/t16-/m0/s1. The van der Waals surface area contributed by atoms with Crippen LogP contribution < -0.4 is 10.6 Å². The van der Waals surface area contributed by atoms with E-state index in [4.69, 9.17) is 11.6 Å². The first-order valence-corrected chi connectivity index (χ1v) is 9.60. The Balaban J connectivity index is 1.89. The fraction of sp³-hybridized carbons (Fsp3) is 0.526. The summed E-state index contributed by atoms with van der Waals surface area (Å²) >= 11 is 6.03. The van der Waals surface area contributed by atoms with Crippen molar-refractivity contribution in [3.8, 4) is 0 Å². The number of anilines is 1. The Kier molecular flexibility index (Phi) is 8.06. The maximum absolute atomic E-state index is 12.5. The van der Waals surface area contributed by atoms with Crippen molar-refractivity contribution in [3.63, 3.8) is 0 Å². The Labute approximate surface area is 165 Å². The molecule has 1 aromatic carbocycles. The number of likely N-dealkylation sites (N-methyl/N-ethyl adjacent to an activating group) is 1. The molecule has 8 heteroatoms. The smallest absolute Gasteiger partial charge is 0.244 e. The largest absolute Gasteiger partial charge is 0.353 e. The molecule has 1 fully saturated rings. The third kappa shape index (κ3) is 6.22. The zero-order chi connectivity index (χ0) is 19.8. The molecule has 1 heterocycles. The molecule has 1 aliphatic rings. The SMILES string of the molecule is CCCC[C@H]1C(=O)NCCN1CC(=O)N(C)CC(=O)Nc1ccccc1Cl. The van der Waals surface area contributed by atoms with Gasteiger partial charge in [-0.15, -0.1) is 0 Å². The molecule has 1 aliphatic heterocycles. The number of halogens is 1. The summed E-state index contributed by atoms with van der Waals surface area (Å²) in [5.74, 6) is -0.542. The molecule has 0 saturated carbocycles. The summed E-state index contributed by atoms with van der Waals surface area (Å²) in [5, 5.41) is 6.00. The van der Waals surface area contributed by atoms with Crippen molar-refractivity contribution in [2.45, 2.75) is 32.2 Å². The molecular formula is C19H27ClN4O3. The van der Waals surface area contributed by atoms with Crippen LogP contribution in [0.4, 0.5) is 5.69 Å². The number of nitrogens with zero attached hydrogens (tertiary/aromatic N) is 2. The number of para-hydroxylation sites is 1. The number of benzene rings is 1. The molecule has 7 nitrogen and oxygen atoms in total. The number of carbonyl (C=O) groups excluding carboxylic acids is 3. The predicted molar refractivity (Wildman–Crippen MR) is 106 cm³/mol. The molecule has 2 rings (SSSR count). The summed E-state index contributed by atoms with van der Waals surface area (Å²) in [6, 6.07) is 6.65. The van der Waals surface area contributed by atoms with Crippen LogP contribution >= 0.6 is 11.6 Å². The van der Waals surface area contributed by atoms with Crippen molar-refractivity contribution in [2.24, 2.45) is 0 Å². The number of piperazine rings is 1. The van der Waals surface area contributed by atoms with Crippen LogP contribution in [0.25, 0.3) is 0 Å². The van der Waals surface area contributed by atoms with Crippen LogP contribution in [0, 0.1) is 0 Å². The van der Waals surface area contributed by atoms with Crippen LogP contribution in [0.3, 0.4) is 0 Å². The first-order valence-electron chi connectivity index (χ1n) is 9.22. The van der Waals surface area contributed by atoms with Gasteiger partial charge in [-0.3, -0.25) is 19.3 Å². The molecule has 1 aromatic rings. The van der Waals surface area contributed by atoms with Crippen LogP contribution in [0.2, 0.25) is 5.02 Å². The van der Waals surface area contributed by atoms with E-state index < -0.39 is 0 Å². The monoisotopic (exact) mass is 394 g/mol. The van der Waals surface area contributed by atoms with E-state index in [2.05, 4.69) is 17.6 Å². The van der Waals surface area contributed by atoms with Gasteiger partial charge in [0, 0.05) is 20.1 Å². The first kappa shape index (κ1) is 21.2. The van der Waals surface area contributed by atoms with Crippen molar-refractivity contribution in [3.05, 3.63) is 29.3 Å². The Morgan fingerprint density at radius 1 is 1.37 bits per heavy atom. The molecule has 1 saturated heterocycles. The summed E-state index contributed by atoms with van der Waals surface area (Å²) in [5.41, 5.74) is 0.511. The van der Waals surface area contributed by atoms with E-state index in [1.807, 2.05) is 4.90 Å². The highest BCUT2D eigenvalue weighted by Gasteiger charge is 2.31. The minimum atomic E-state index is -0.321. The fourth-order valence-electron chi connectivity index (χ4n) is 3.01. The second kappa shape index (κ2) is 10.3. The van der Waals surface area contributed by atoms with Gasteiger partial charge >= 0.3 is 0 Å². The molecule has 0 radical (unpaired) electrons. The van der Waals surface area contributed by atoms with Crippen molar-refractivity contribution in [1.82, 2.24) is 15.1 Å². The number of hydrogen-bond donors (Lipinski definition) is 2. The number of nitrogens with one attached hydrogen (secondary N) is 2. The summed E-state index contributed by atoms with van der Waals surface area (Å²) < 4.78 is 0. The van der Waals surface area contributed by atoms with Gasteiger partial charge in [0.1, 0.15) is 0 Å². The topological polar surface area (TPSA) is 81.8 Å². The minimum absolute atomic E-state index is 0.0263. The summed E-state index contributed by atoms with van der Waals surface area (Å²) in [6.45, 7) is 3.28. The highest BCUT2D eigenvalue weighted by Crippen LogP contribution is 2.20. The van der Waals surface area contributed by atoms with Crippen LogP contribution in [0.1, 0.15) is 26.2 Å². The van der Waals surface area contributed by atoms with Crippen LogP contribution in [0.5, 0.6) is 0 Å². The Morgan fingerprint density at radius 2 is 2.11 bits per heavy atom.